The molecule has 78 valence electrons. The van der Waals surface area contributed by atoms with Gasteiger partial charge in [0.15, 0.2) is 0 Å². The van der Waals surface area contributed by atoms with Crippen molar-refractivity contribution < 1.29 is 0 Å². The molecule has 1 N–H and O–H groups in total. The van der Waals surface area contributed by atoms with E-state index >= 15 is 0 Å². The molecule has 14 heavy (non-hydrogen) atoms. The van der Waals surface area contributed by atoms with Crippen LogP contribution in [0.2, 0.25) is 0 Å². The number of nitrogens with one attached hydrogen (secondary N) is 1. The highest BCUT2D eigenvalue weighted by Crippen LogP contribution is 2.27. The Morgan fingerprint density at radius 3 is 3.21 bits per heavy atom. The summed E-state index contributed by atoms with van der Waals surface area (Å²) in [6.45, 7) is 3.28. The van der Waals surface area contributed by atoms with Gasteiger partial charge in [0, 0.05) is 24.4 Å². The molecule has 2 rings (SSSR count). The van der Waals surface area contributed by atoms with E-state index in [2.05, 4.69) is 27.6 Å². The van der Waals surface area contributed by atoms with E-state index in [1.165, 1.54) is 30.2 Å². The Kier molecular flexibility index (Phi) is 3.15. The lowest BCUT2D eigenvalue weighted by Gasteiger charge is -2.06. The fourth-order valence-corrected chi connectivity index (χ4v) is 2.81. The summed E-state index contributed by atoms with van der Waals surface area (Å²) in [6.07, 6.45) is 1.26. The highest BCUT2D eigenvalue weighted by atomic mass is 32.1. The molecule has 3 nitrogen and oxygen atoms in total. The van der Waals surface area contributed by atoms with Gasteiger partial charge in [-0.05, 0) is 27.1 Å². The number of hydrogen-bond donors (Lipinski definition) is 1. The zero-order valence-electron chi connectivity index (χ0n) is 8.79. The van der Waals surface area contributed by atoms with Crippen LogP contribution >= 0.6 is 11.3 Å². The summed E-state index contributed by atoms with van der Waals surface area (Å²) < 4.78 is 0. The standard InChI is InChI=1S/C10H17N3S/c1-11-5-10-12-9(7-14-10)8-3-4-13(2)6-8/h7-8,11H,3-6H2,1-2H3. The molecular formula is C10H17N3S. The van der Waals surface area contributed by atoms with Gasteiger partial charge in [-0.2, -0.15) is 0 Å². The highest BCUT2D eigenvalue weighted by Gasteiger charge is 2.22. The Hall–Kier alpha value is -0.450. The third-order valence-electron chi connectivity index (χ3n) is 2.71. The van der Waals surface area contributed by atoms with E-state index < -0.39 is 0 Å². The van der Waals surface area contributed by atoms with Crippen molar-refractivity contribution in [1.82, 2.24) is 15.2 Å². The second-order valence-electron chi connectivity index (χ2n) is 3.94. The van der Waals surface area contributed by atoms with E-state index in [9.17, 15) is 0 Å². The topological polar surface area (TPSA) is 28.2 Å². The molecule has 0 spiro atoms. The van der Waals surface area contributed by atoms with Gasteiger partial charge in [0.1, 0.15) is 5.01 Å². The predicted octanol–water partition coefficient (Wildman–Crippen LogP) is 1.28. The van der Waals surface area contributed by atoms with Crippen LogP contribution in [0.4, 0.5) is 0 Å². The van der Waals surface area contributed by atoms with Crippen molar-refractivity contribution in [3.63, 3.8) is 0 Å². The molecule has 0 radical (unpaired) electrons. The van der Waals surface area contributed by atoms with Crippen molar-refractivity contribution in [2.45, 2.75) is 18.9 Å². The van der Waals surface area contributed by atoms with Crippen LogP contribution in [0.1, 0.15) is 23.0 Å². The van der Waals surface area contributed by atoms with Gasteiger partial charge in [-0.25, -0.2) is 4.98 Å². The monoisotopic (exact) mass is 211 g/mol. The van der Waals surface area contributed by atoms with Gasteiger partial charge >= 0.3 is 0 Å². The Bertz CT molecular complexity index is 297. The van der Waals surface area contributed by atoms with E-state index in [1.54, 1.807) is 11.3 Å². The molecule has 1 aromatic rings. The Balaban J connectivity index is 2.02. The largest absolute Gasteiger partial charge is 0.314 e. The van der Waals surface area contributed by atoms with Crippen LogP contribution in [-0.2, 0) is 6.54 Å². The molecule has 1 aromatic heterocycles. The van der Waals surface area contributed by atoms with Gasteiger partial charge < -0.3 is 10.2 Å². The van der Waals surface area contributed by atoms with Gasteiger partial charge in [0.2, 0.25) is 0 Å². The minimum absolute atomic E-state index is 0.668. The van der Waals surface area contributed by atoms with E-state index in [-0.39, 0.29) is 0 Å². The molecule has 0 bridgehead atoms. The molecule has 0 amide bonds. The van der Waals surface area contributed by atoms with Crippen LogP contribution in [0.5, 0.6) is 0 Å². The molecule has 1 saturated heterocycles. The molecule has 0 aromatic carbocycles. The second-order valence-corrected chi connectivity index (χ2v) is 4.89. The summed E-state index contributed by atoms with van der Waals surface area (Å²) in [5, 5.41) is 6.56. The van der Waals surface area contributed by atoms with Gasteiger partial charge in [-0.1, -0.05) is 0 Å². The van der Waals surface area contributed by atoms with E-state index in [1.807, 2.05) is 7.05 Å². The maximum atomic E-state index is 4.65. The SMILES string of the molecule is CNCc1nc(C2CCN(C)C2)cs1. The fourth-order valence-electron chi connectivity index (χ4n) is 1.92. The normalized spacial score (nSPS) is 23.1. The quantitative estimate of drug-likeness (QED) is 0.816. The number of thiazole rings is 1. The summed E-state index contributed by atoms with van der Waals surface area (Å²) in [4.78, 5) is 7.02. The predicted molar refractivity (Wildman–Crippen MR) is 59.7 cm³/mol. The molecular weight excluding hydrogens is 194 g/mol. The molecule has 1 fully saturated rings. The van der Waals surface area contributed by atoms with Crippen LogP contribution in [0.15, 0.2) is 5.38 Å². The number of nitrogens with zero attached hydrogens (tertiary/aromatic N) is 2. The van der Waals surface area contributed by atoms with E-state index in [0.29, 0.717) is 5.92 Å². The first-order valence-electron chi connectivity index (χ1n) is 5.07. The maximum Gasteiger partial charge on any atom is 0.107 e. The number of likely N-dealkylation sites (N-methyl/N-ethyl adjacent to an activating group) is 1. The molecule has 1 aliphatic heterocycles. The third-order valence-corrected chi connectivity index (χ3v) is 3.57. The van der Waals surface area contributed by atoms with Crippen LogP contribution in [0, 0.1) is 0 Å². The summed E-state index contributed by atoms with van der Waals surface area (Å²) >= 11 is 1.77. The van der Waals surface area contributed by atoms with Crippen LogP contribution in [-0.4, -0.2) is 37.1 Å². The number of likely N-dealkylation sites (tertiary alicyclic amines) is 1. The fraction of sp³-hybridized carbons (Fsp3) is 0.700. The molecule has 4 heteroatoms. The average molecular weight is 211 g/mol. The minimum Gasteiger partial charge on any atom is -0.314 e. The minimum atomic E-state index is 0.668. The molecule has 1 aliphatic rings. The molecule has 1 atom stereocenters. The Labute approximate surface area is 89.1 Å². The second kappa shape index (κ2) is 4.38. The first kappa shape index (κ1) is 10.1. The Morgan fingerprint density at radius 1 is 1.71 bits per heavy atom. The molecule has 0 aliphatic carbocycles. The molecule has 0 saturated carbocycles. The Morgan fingerprint density at radius 2 is 2.57 bits per heavy atom. The van der Waals surface area contributed by atoms with Crippen molar-refractivity contribution >= 4 is 11.3 Å². The number of aromatic nitrogens is 1. The zero-order valence-corrected chi connectivity index (χ0v) is 9.60. The number of rotatable bonds is 3. The third kappa shape index (κ3) is 2.13. The lowest BCUT2D eigenvalue weighted by Crippen LogP contribution is -2.13. The average Bonchev–Trinajstić information content (AvgIpc) is 2.74. The van der Waals surface area contributed by atoms with Crippen LogP contribution in [0.3, 0.4) is 0 Å². The lowest BCUT2D eigenvalue weighted by atomic mass is 10.1. The molecule has 1 unspecified atom stereocenters. The van der Waals surface area contributed by atoms with E-state index in [4.69, 9.17) is 0 Å². The summed E-state index contributed by atoms with van der Waals surface area (Å²) in [5.74, 6) is 0.668. The van der Waals surface area contributed by atoms with Crippen molar-refractivity contribution in [2.24, 2.45) is 0 Å². The molecule has 2 heterocycles. The van der Waals surface area contributed by atoms with Crippen molar-refractivity contribution in [2.75, 3.05) is 27.2 Å². The summed E-state index contributed by atoms with van der Waals surface area (Å²) in [6, 6.07) is 0. The van der Waals surface area contributed by atoms with Crippen LogP contribution < -0.4 is 5.32 Å². The van der Waals surface area contributed by atoms with Crippen molar-refractivity contribution in [1.29, 1.82) is 0 Å². The summed E-state index contributed by atoms with van der Waals surface area (Å²) in [7, 11) is 4.14. The van der Waals surface area contributed by atoms with Gasteiger partial charge in [0.05, 0.1) is 5.69 Å². The zero-order chi connectivity index (χ0) is 9.97. The van der Waals surface area contributed by atoms with Gasteiger partial charge in [-0.15, -0.1) is 11.3 Å². The maximum absolute atomic E-state index is 4.65. The smallest absolute Gasteiger partial charge is 0.107 e. The lowest BCUT2D eigenvalue weighted by molar-refractivity contribution is 0.411. The summed E-state index contributed by atoms with van der Waals surface area (Å²) in [5.41, 5.74) is 1.30. The first-order valence-corrected chi connectivity index (χ1v) is 5.95. The number of hydrogen-bond acceptors (Lipinski definition) is 4. The van der Waals surface area contributed by atoms with Crippen molar-refractivity contribution in [3.8, 4) is 0 Å². The highest BCUT2D eigenvalue weighted by molar-refractivity contribution is 7.09. The first-order chi connectivity index (χ1) is 6.79. The van der Waals surface area contributed by atoms with Crippen LogP contribution in [0.25, 0.3) is 0 Å². The van der Waals surface area contributed by atoms with Gasteiger partial charge in [-0.3, -0.25) is 0 Å². The van der Waals surface area contributed by atoms with Crippen molar-refractivity contribution in [3.05, 3.63) is 16.1 Å². The van der Waals surface area contributed by atoms with E-state index in [0.717, 1.165) is 6.54 Å². The van der Waals surface area contributed by atoms with Gasteiger partial charge in [0.25, 0.3) is 0 Å².